The van der Waals surface area contributed by atoms with Gasteiger partial charge in [-0.2, -0.15) is 4.98 Å². The van der Waals surface area contributed by atoms with E-state index < -0.39 is 16.0 Å². The van der Waals surface area contributed by atoms with Crippen molar-refractivity contribution in [3.05, 3.63) is 99.9 Å². The minimum absolute atomic E-state index is 0.0245. The molecule has 11 nitrogen and oxygen atoms in total. The summed E-state index contributed by atoms with van der Waals surface area (Å²) in [5, 5.41) is 12.9. The fourth-order valence-electron chi connectivity index (χ4n) is 5.35. The highest BCUT2D eigenvalue weighted by Gasteiger charge is 2.23. The number of carboxylic acids is 1. The topological polar surface area (TPSA) is 148 Å². The number of carbonyl (C=O) groups is 1. The van der Waals surface area contributed by atoms with Crippen LogP contribution in [-0.4, -0.2) is 51.5 Å². The van der Waals surface area contributed by atoms with Crippen LogP contribution in [0.15, 0.2) is 82.4 Å². The van der Waals surface area contributed by atoms with E-state index in [1.165, 1.54) is 18.2 Å². The van der Waals surface area contributed by atoms with E-state index in [9.17, 15) is 18.3 Å². The molecule has 47 heavy (non-hydrogen) atoms. The van der Waals surface area contributed by atoms with Crippen molar-refractivity contribution in [1.29, 1.82) is 0 Å². The summed E-state index contributed by atoms with van der Waals surface area (Å²) in [4.78, 5) is 25.0. The summed E-state index contributed by atoms with van der Waals surface area (Å²) in [6.45, 7) is 11.1. The number of fused-ring (bicyclic) bond motifs is 1. The first kappa shape index (κ1) is 34.0. The highest BCUT2D eigenvalue weighted by molar-refractivity contribution is 9.10. The first-order valence-electron chi connectivity index (χ1n) is 15.0. The standard InChI is InChI=1S/C34H37BrN6O5S/c1-21-9-6-10-22(2)30(21)28-16-29(39-33(38-28)40-47(44,45)26-12-7-11-23(15-26)32(42)43)46-20-24(17-34(3,4)5)36-18-25-19-41-14-8-13-27(35)31(41)37-25/h6-16,19,24,36H,17-18,20H2,1-5H3,(H,42,43)(H,38,39,40)/t24-/m1/s1. The second-order valence-corrected chi connectivity index (χ2v) is 15.1. The number of pyridine rings is 1. The SMILES string of the molecule is Cc1cccc(C)c1-c1cc(OC[C@@H](CC(C)(C)C)NCc2cn3cccc(Br)c3n2)nc(NS(=O)(=O)c2cccc(C(=O)O)c2)n1. The molecule has 0 aliphatic heterocycles. The Bertz CT molecular complexity index is 2020. The number of rotatable bonds is 12. The maximum atomic E-state index is 13.4. The number of imidazole rings is 1. The Hall–Kier alpha value is -4.33. The van der Waals surface area contributed by atoms with Crippen LogP contribution >= 0.6 is 15.9 Å². The molecule has 0 saturated heterocycles. The Kier molecular flexibility index (Phi) is 9.99. The highest BCUT2D eigenvalue weighted by Crippen LogP contribution is 2.30. The number of hydrogen-bond donors (Lipinski definition) is 3. The van der Waals surface area contributed by atoms with E-state index in [4.69, 9.17) is 9.72 Å². The predicted octanol–water partition coefficient (Wildman–Crippen LogP) is 6.64. The van der Waals surface area contributed by atoms with Gasteiger partial charge in [-0.1, -0.05) is 45.0 Å². The van der Waals surface area contributed by atoms with E-state index in [1.54, 1.807) is 6.07 Å². The predicted molar refractivity (Wildman–Crippen MR) is 184 cm³/mol. The average molecular weight is 722 g/mol. The normalized spacial score (nSPS) is 12.6. The second-order valence-electron chi connectivity index (χ2n) is 12.6. The minimum atomic E-state index is -4.23. The van der Waals surface area contributed by atoms with E-state index in [2.05, 4.69) is 56.7 Å². The number of ether oxygens (including phenoxy) is 1. The van der Waals surface area contributed by atoms with Gasteiger partial charge in [0, 0.05) is 36.6 Å². The number of aryl methyl sites for hydroxylation is 2. The zero-order valence-electron chi connectivity index (χ0n) is 26.8. The van der Waals surface area contributed by atoms with Gasteiger partial charge in [0.1, 0.15) is 6.61 Å². The number of benzene rings is 2. The van der Waals surface area contributed by atoms with Crippen molar-refractivity contribution in [1.82, 2.24) is 24.7 Å². The molecule has 3 N–H and O–H groups in total. The largest absolute Gasteiger partial charge is 0.478 e. The van der Waals surface area contributed by atoms with Crippen LogP contribution < -0.4 is 14.8 Å². The monoisotopic (exact) mass is 720 g/mol. The zero-order chi connectivity index (χ0) is 33.9. The average Bonchev–Trinajstić information content (AvgIpc) is 3.42. The van der Waals surface area contributed by atoms with Crippen LogP contribution in [-0.2, 0) is 16.6 Å². The molecule has 5 aromatic rings. The summed E-state index contributed by atoms with van der Waals surface area (Å²) in [5.74, 6) is -1.25. The third-order valence-corrected chi connectivity index (χ3v) is 9.35. The Morgan fingerprint density at radius 3 is 2.43 bits per heavy atom. The highest BCUT2D eigenvalue weighted by atomic mass is 79.9. The van der Waals surface area contributed by atoms with Crippen molar-refractivity contribution < 1.29 is 23.1 Å². The molecule has 0 radical (unpaired) electrons. The van der Waals surface area contributed by atoms with E-state index in [0.717, 1.165) is 45.0 Å². The first-order chi connectivity index (χ1) is 22.2. The molecule has 3 aromatic heterocycles. The van der Waals surface area contributed by atoms with Crippen LogP contribution in [0.25, 0.3) is 16.9 Å². The quantitative estimate of drug-likeness (QED) is 0.129. The molecule has 3 heterocycles. The smallest absolute Gasteiger partial charge is 0.335 e. The van der Waals surface area contributed by atoms with Gasteiger partial charge < -0.3 is 19.6 Å². The van der Waals surface area contributed by atoms with Crippen molar-refractivity contribution in [2.45, 2.75) is 58.5 Å². The minimum Gasteiger partial charge on any atom is -0.478 e. The number of sulfonamides is 1. The second kappa shape index (κ2) is 13.8. The van der Waals surface area contributed by atoms with Gasteiger partial charge in [0.15, 0.2) is 5.65 Å². The van der Waals surface area contributed by atoms with Crippen LogP contribution in [0.3, 0.4) is 0 Å². The van der Waals surface area contributed by atoms with Gasteiger partial charge in [-0.15, -0.1) is 0 Å². The summed E-state index contributed by atoms with van der Waals surface area (Å²) < 4.78 is 38.3. The Labute approximate surface area is 282 Å². The molecule has 2 aromatic carbocycles. The van der Waals surface area contributed by atoms with Crippen molar-refractivity contribution >= 4 is 43.5 Å². The lowest BCUT2D eigenvalue weighted by molar-refractivity contribution is 0.0696. The van der Waals surface area contributed by atoms with Crippen molar-refractivity contribution in [3.63, 3.8) is 0 Å². The molecular weight excluding hydrogens is 684 g/mol. The fraction of sp³-hybridized carbons (Fsp3) is 0.294. The van der Waals surface area contributed by atoms with E-state index >= 15 is 0 Å². The molecule has 13 heteroatoms. The third kappa shape index (κ3) is 8.53. The van der Waals surface area contributed by atoms with Gasteiger partial charge in [-0.25, -0.2) is 27.9 Å². The van der Waals surface area contributed by atoms with Crippen LogP contribution in [0, 0.1) is 19.3 Å². The van der Waals surface area contributed by atoms with Crippen LogP contribution in [0.5, 0.6) is 5.88 Å². The molecule has 0 unspecified atom stereocenters. The first-order valence-corrected chi connectivity index (χ1v) is 17.3. The Balaban J connectivity index is 1.44. The van der Waals surface area contributed by atoms with Crippen molar-refractivity contribution in [2.24, 2.45) is 5.41 Å². The number of halogens is 1. The summed E-state index contributed by atoms with van der Waals surface area (Å²) in [6.07, 6.45) is 4.70. The number of hydrogen-bond acceptors (Lipinski definition) is 8. The zero-order valence-corrected chi connectivity index (χ0v) is 29.2. The summed E-state index contributed by atoms with van der Waals surface area (Å²) in [5.41, 5.74) is 4.73. The van der Waals surface area contributed by atoms with E-state index in [0.29, 0.717) is 12.2 Å². The van der Waals surface area contributed by atoms with Gasteiger partial charge in [-0.05, 0) is 83.1 Å². The van der Waals surface area contributed by atoms with Gasteiger partial charge >= 0.3 is 5.97 Å². The molecule has 0 aliphatic carbocycles. The van der Waals surface area contributed by atoms with Gasteiger partial charge in [0.05, 0.1) is 26.3 Å². The van der Waals surface area contributed by atoms with Crippen LogP contribution in [0.4, 0.5) is 5.95 Å². The molecule has 0 spiro atoms. The van der Waals surface area contributed by atoms with Crippen LogP contribution in [0.2, 0.25) is 0 Å². The number of aromatic nitrogens is 4. The molecule has 0 fully saturated rings. The molecule has 0 saturated carbocycles. The number of anilines is 1. The lowest BCUT2D eigenvalue weighted by Crippen LogP contribution is -2.37. The molecule has 1 atom stereocenters. The van der Waals surface area contributed by atoms with Gasteiger partial charge in [-0.3, -0.25) is 0 Å². The fourth-order valence-corrected chi connectivity index (χ4v) is 6.78. The number of aromatic carboxylic acids is 1. The van der Waals surface area contributed by atoms with Gasteiger partial charge in [0.2, 0.25) is 11.8 Å². The third-order valence-electron chi connectivity index (χ3n) is 7.40. The van der Waals surface area contributed by atoms with Crippen LogP contribution in [0.1, 0.15) is 54.4 Å². The summed E-state index contributed by atoms with van der Waals surface area (Å²) in [6, 6.07) is 16.4. The maximum Gasteiger partial charge on any atom is 0.335 e. The molecule has 0 aliphatic rings. The number of carboxylic acid groups (broad SMARTS) is 1. The maximum absolute atomic E-state index is 13.4. The number of nitrogens with zero attached hydrogens (tertiary/aromatic N) is 4. The molecule has 246 valence electrons. The summed E-state index contributed by atoms with van der Waals surface area (Å²) >= 11 is 3.56. The van der Waals surface area contributed by atoms with E-state index in [1.807, 2.05) is 61.0 Å². The Morgan fingerprint density at radius 2 is 1.74 bits per heavy atom. The molecule has 0 bridgehead atoms. The lowest BCUT2D eigenvalue weighted by atomic mass is 9.88. The van der Waals surface area contributed by atoms with Crippen molar-refractivity contribution in [2.75, 3.05) is 11.3 Å². The molecule has 0 amide bonds. The lowest BCUT2D eigenvalue weighted by Gasteiger charge is -2.26. The molecular formula is C34H37BrN6O5S. The van der Waals surface area contributed by atoms with E-state index in [-0.39, 0.29) is 40.4 Å². The molecule has 5 rings (SSSR count). The number of nitrogens with one attached hydrogen (secondary N) is 2. The van der Waals surface area contributed by atoms with Gasteiger partial charge in [0.25, 0.3) is 10.0 Å². The summed E-state index contributed by atoms with van der Waals surface area (Å²) in [7, 11) is -4.23. The van der Waals surface area contributed by atoms with Crippen molar-refractivity contribution in [3.8, 4) is 17.1 Å². The Morgan fingerprint density at radius 1 is 1.02 bits per heavy atom.